The van der Waals surface area contributed by atoms with Crippen LogP contribution in [0.5, 0.6) is 0 Å². The maximum atomic E-state index is 12.6. The van der Waals surface area contributed by atoms with E-state index in [1.807, 2.05) is 0 Å². The molecule has 0 amide bonds. The molecule has 0 bridgehead atoms. The zero-order valence-electron chi connectivity index (χ0n) is 8.46. The molecule has 1 heterocycles. The third kappa shape index (κ3) is 3.21. The number of nitrogens with zero attached hydrogens (tertiary/aromatic N) is 3. The van der Waals surface area contributed by atoms with Crippen LogP contribution in [0.15, 0.2) is 30.5 Å². The quantitative estimate of drug-likeness (QED) is 0.429. The fourth-order valence-electron chi connectivity index (χ4n) is 1.03. The van der Waals surface area contributed by atoms with Crippen molar-refractivity contribution in [2.24, 2.45) is 0 Å². The van der Waals surface area contributed by atoms with Gasteiger partial charge in [0, 0.05) is 12.0 Å². The summed E-state index contributed by atoms with van der Waals surface area (Å²) in [6.45, 7) is 0. The molecule has 2 aromatic rings. The van der Waals surface area contributed by atoms with Crippen LogP contribution in [-0.4, -0.2) is 26.8 Å². The molecular formula is C9H6FN3NaO2-. The maximum absolute atomic E-state index is 12.6. The van der Waals surface area contributed by atoms with Crippen molar-refractivity contribution in [2.45, 2.75) is 0 Å². The minimum Gasteiger partial charge on any atom is -0.870 e. The Morgan fingerprint density at radius 1 is 1.25 bits per heavy atom. The van der Waals surface area contributed by atoms with Gasteiger partial charge in [0.2, 0.25) is 0 Å². The molecule has 5 nitrogen and oxygen atoms in total. The zero-order chi connectivity index (χ0) is 9.97. The Bertz CT molecular complexity index is 458. The first-order valence-electron chi connectivity index (χ1n) is 3.86. The van der Waals surface area contributed by atoms with E-state index in [9.17, 15) is 9.18 Å². The molecule has 0 atom stereocenters. The summed E-state index contributed by atoms with van der Waals surface area (Å²) < 4.78 is 13.9. The van der Waals surface area contributed by atoms with Crippen molar-refractivity contribution in [3.63, 3.8) is 0 Å². The van der Waals surface area contributed by atoms with E-state index in [0.717, 1.165) is 0 Å². The van der Waals surface area contributed by atoms with Gasteiger partial charge < -0.3 is 10.3 Å². The molecule has 0 radical (unpaired) electrons. The molecule has 7 heteroatoms. The average molecular weight is 230 g/mol. The van der Waals surface area contributed by atoms with Crippen LogP contribution in [0, 0.1) is 5.82 Å². The summed E-state index contributed by atoms with van der Waals surface area (Å²) >= 11 is 0. The van der Waals surface area contributed by atoms with E-state index in [2.05, 4.69) is 10.3 Å². The number of halogens is 1. The van der Waals surface area contributed by atoms with Crippen LogP contribution in [0.2, 0.25) is 0 Å². The summed E-state index contributed by atoms with van der Waals surface area (Å²) in [7, 11) is 0. The topological polar surface area (TPSA) is 77.8 Å². The van der Waals surface area contributed by atoms with Gasteiger partial charge in [-0.1, -0.05) is 11.4 Å². The van der Waals surface area contributed by atoms with Crippen LogP contribution in [0.4, 0.5) is 4.39 Å². The van der Waals surface area contributed by atoms with Gasteiger partial charge in [-0.2, -0.15) is 5.10 Å². The molecule has 0 spiro atoms. The van der Waals surface area contributed by atoms with Crippen molar-refractivity contribution in [3.05, 3.63) is 42.0 Å². The number of carbonyl (C=O) groups excluding carboxylic acids is 1. The third-order valence-corrected chi connectivity index (χ3v) is 1.69. The van der Waals surface area contributed by atoms with E-state index in [1.165, 1.54) is 23.0 Å². The van der Waals surface area contributed by atoms with E-state index < -0.39 is 0 Å². The third-order valence-electron chi connectivity index (χ3n) is 1.69. The van der Waals surface area contributed by atoms with Gasteiger partial charge in [0.1, 0.15) is 5.82 Å². The normalized spacial score (nSPS) is 8.81. The van der Waals surface area contributed by atoms with Gasteiger partial charge in [-0.15, -0.1) is 0 Å². The smallest absolute Gasteiger partial charge is 0.870 e. The van der Waals surface area contributed by atoms with Crippen LogP contribution in [0.25, 0.3) is 5.69 Å². The Labute approximate surface area is 113 Å². The Kier molecular flexibility index (Phi) is 6.05. The summed E-state index contributed by atoms with van der Waals surface area (Å²) in [5.41, 5.74) is 0.759. The molecule has 0 unspecified atom stereocenters. The van der Waals surface area contributed by atoms with Crippen LogP contribution in [0.1, 0.15) is 5.69 Å². The van der Waals surface area contributed by atoms with Crippen LogP contribution in [-0.2, 0) is 4.79 Å². The first kappa shape index (κ1) is 14.9. The summed E-state index contributed by atoms with van der Waals surface area (Å²) in [5, 5.41) is 7.20. The van der Waals surface area contributed by atoms with E-state index in [-0.39, 0.29) is 46.5 Å². The number of rotatable bonds is 2. The fourth-order valence-corrected chi connectivity index (χ4v) is 1.03. The second kappa shape index (κ2) is 6.49. The number of benzene rings is 1. The largest absolute Gasteiger partial charge is 1.00 e. The molecule has 16 heavy (non-hydrogen) atoms. The molecule has 2 rings (SSSR count). The molecule has 0 fully saturated rings. The summed E-state index contributed by atoms with van der Waals surface area (Å²) in [4.78, 5) is 10.2. The molecule has 0 saturated carbocycles. The Hall–Kier alpha value is -1.08. The standard InChI is InChI=1S/C9H5FN3O.Na.H2O/c10-7-1-3-9(4-2-7)13-5-8(6-14)11-12-13;;/h1-5H;;1H2/q-1;+1;/p-1. The van der Waals surface area contributed by atoms with E-state index in [4.69, 9.17) is 0 Å². The minimum atomic E-state index is -0.323. The monoisotopic (exact) mass is 230 g/mol. The predicted octanol–water partition coefficient (Wildman–Crippen LogP) is -2.31. The molecular weight excluding hydrogens is 224 g/mol. The van der Waals surface area contributed by atoms with Crippen molar-refractivity contribution in [1.29, 1.82) is 0 Å². The van der Waals surface area contributed by atoms with E-state index in [0.29, 0.717) is 5.69 Å². The van der Waals surface area contributed by atoms with Crippen molar-refractivity contribution in [1.82, 2.24) is 15.0 Å². The predicted molar refractivity (Wildman–Crippen MR) is 48.0 cm³/mol. The van der Waals surface area contributed by atoms with E-state index in [1.54, 1.807) is 18.4 Å². The molecule has 78 valence electrons. The zero-order valence-corrected chi connectivity index (χ0v) is 10.5. The van der Waals surface area contributed by atoms with Gasteiger partial charge >= 0.3 is 29.6 Å². The first-order chi connectivity index (χ1) is 6.79. The molecule has 1 N–H and O–H groups in total. The second-order valence-electron chi connectivity index (χ2n) is 2.63. The SMILES string of the molecule is O=[C-]c1cn(-c2ccc(F)cc2)nn1.[Na+].[OH-]. The van der Waals surface area contributed by atoms with Crippen molar-refractivity contribution in [2.75, 3.05) is 0 Å². The van der Waals surface area contributed by atoms with Gasteiger partial charge in [0.05, 0.1) is 0 Å². The van der Waals surface area contributed by atoms with Crippen molar-refractivity contribution in [3.8, 4) is 5.69 Å². The second-order valence-corrected chi connectivity index (χ2v) is 2.63. The molecule has 0 aliphatic carbocycles. The summed E-state index contributed by atoms with van der Waals surface area (Å²) in [6, 6.07) is 5.69. The molecule has 1 aromatic carbocycles. The average Bonchev–Trinajstić information content (AvgIpc) is 2.67. The fraction of sp³-hybridized carbons (Fsp3) is 0. The van der Waals surface area contributed by atoms with Crippen molar-refractivity contribution < 1.29 is 44.2 Å². The van der Waals surface area contributed by atoms with Gasteiger partial charge in [0.25, 0.3) is 0 Å². The van der Waals surface area contributed by atoms with Gasteiger partial charge in [0.15, 0.2) is 0 Å². The Balaban J connectivity index is 0.00000112. The molecule has 0 saturated heterocycles. The van der Waals surface area contributed by atoms with E-state index >= 15 is 0 Å². The van der Waals surface area contributed by atoms with Crippen LogP contribution in [0.3, 0.4) is 0 Å². The summed E-state index contributed by atoms with van der Waals surface area (Å²) in [6.07, 6.45) is 3.03. The molecule has 1 aromatic heterocycles. The minimum absolute atomic E-state index is 0. The van der Waals surface area contributed by atoms with Gasteiger partial charge in [-0.05, 0) is 30.0 Å². The Morgan fingerprint density at radius 2 is 1.88 bits per heavy atom. The van der Waals surface area contributed by atoms with Gasteiger partial charge in [-0.3, -0.25) is 4.68 Å². The summed E-state index contributed by atoms with van der Waals surface area (Å²) in [5.74, 6) is -0.323. The number of hydrogen-bond acceptors (Lipinski definition) is 4. The number of hydrogen-bond donors (Lipinski definition) is 0. The van der Waals surface area contributed by atoms with Crippen LogP contribution >= 0.6 is 0 Å². The first-order valence-corrected chi connectivity index (χ1v) is 3.86. The Morgan fingerprint density at radius 3 is 2.38 bits per heavy atom. The molecule has 0 aliphatic rings. The maximum Gasteiger partial charge on any atom is 1.00 e. The number of aromatic nitrogens is 3. The van der Waals surface area contributed by atoms with Crippen LogP contribution < -0.4 is 29.6 Å². The van der Waals surface area contributed by atoms with Gasteiger partial charge in [-0.25, -0.2) is 4.39 Å². The van der Waals surface area contributed by atoms with Crippen molar-refractivity contribution >= 4 is 6.29 Å². The molecule has 0 aliphatic heterocycles.